The minimum absolute atomic E-state index is 0.0229. The highest BCUT2D eigenvalue weighted by Gasteiger charge is 2.14. The Balaban J connectivity index is 2.82. The molecule has 0 amide bonds. The maximum atomic E-state index is 9.02. The maximum absolute atomic E-state index is 9.02. The van der Waals surface area contributed by atoms with E-state index in [1.54, 1.807) is 6.08 Å². The summed E-state index contributed by atoms with van der Waals surface area (Å²) in [5.41, 5.74) is 0.589. The van der Waals surface area contributed by atoms with Gasteiger partial charge in [0, 0.05) is 0 Å². The van der Waals surface area contributed by atoms with Crippen molar-refractivity contribution in [3.8, 4) is 0 Å². The molecule has 0 saturated carbocycles. The standard InChI is InChI=1S/C13H17ClN2O/c1-9-5-6-11(15-12(9)14)16-13(3,4)8-7-10(2)17/h5-8,17H,2H2,1,3-4H3,(H,15,16)/b8-7-. The van der Waals surface area contributed by atoms with Crippen LogP contribution in [0.3, 0.4) is 0 Å². The average molecular weight is 253 g/mol. The number of aliphatic hydroxyl groups excluding tert-OH is 1. The van der Waals surface area contributed by atoms with E-state index in [0.29, 0.717) is 11.0 Å². The summed E-state index contributed by atoms with van der Waals surface area (Å²) in [6.45, 7) is 9.22. The fourth-order valence-corrected chi connectivity index (χ4v) is 1.40. The molecule has 0 spiro atoms. The number of aromatic nitrogens is 1. The number of nitrogens with one attached hydrogen (secondary N) is 1. The lowest BCUT2D eigenvalue weighted by Gasteiger charge is -2.23. The van der Waals surface area contributed by atoms with Gasteiger partial charge in [0.05, 0.1) is 5.54 Å². The largest absolute Gasteiger partial charge is 0.509 e. The van der Waals surface area contributed by atoms with Gasteiger partial charge >= 0.3 is 0 Å². The van der Waals surface area contributed by atoms with Crippen molar-refractivity contribution in [1.82, 2.24) is 4.98 Å². The number of aryl methyl sites for hydroxylation is 1. The average Bonchev–Trinajstić information content (AvgIpc) is 2.21. The molecular weight excluding hydrogens is 236 g/mol. The van der Waals surface area contributed by atoms with Gasteiger partial charge in [-0.25, -0.2) is 4.98 Å². The van der Waals surface area contributed by atoms with Gasteiger partial charge in [-0.2, -0.15) is 0 Å². The smallest absolute Gasteiger partial charge is 0.134 e. The zero-order valence-corrected chi connectivity index (χ0v) is 11.0. The van der Waals surface area contributed by atoms with Crippen LogP contribution in [0, 0.1) is 6.92 Å². The molecule has 4 heteroatoms. The summed E-state index contributed by atoms with van der Waals surface area (Å²) < 4.78 is 0. The number of nitrogens with zero attached hydrogens (tertiary/aromatic N) is 1. The van der Waals surface area contributed by atoms with Crippen LogP contribution < -0.4 is 5.32 Å². The third-order valence-corrected chi connectivity index (χ3v) is 2.56. The maximum Gasteiger partial charge on any atom is 0.134 e. The quantitative estimate of drug-likeness (QED) is 0.486. The molecule has 2 N–H and O–H groups in total. The molecule has 0 atom stereocenters. The molecule has 17 heavy (non-hydrogen) atoms. The summed E-state index contributed by atoms with van der Waals surface area (Å²) in [5, 5.41) is 12.7. The number of pyridine rings is 1. The van der Waals surface area contributed by atoms with E-state index in [9.17, 15) is 0 Å². The van der Waals surface area contributed by atoms with Gasteiger partial charge in [0.1, 0.15) is 16.7 Å². The predicted molar refractivity (Wildman–Crippen MR) is 72.6 cm³/mol. The molecule has 1 heterocycles. The van der Waals surface area contributed by atoms with E-state index in [0.717, 1.165) is 5.56 Å². The number of allylic oxidation sites excluding steroid dienone is 1. The fraction of sp³-hybridized carbons (Fsp3) is 0.308. The van der Waals surface area contributed by atoms with Crippen molar-refractivity contribution >= 4 is 17.4 Å². The van der Waals surface area contributed by atoms with E-state index < -0.39 is 0 Å². The number of hydrogen-bond donors (Lipinski definition) is 2. The molecule has 0 aliphatic rings. The summed E-state index contributed by atoms with van der Waals surface area (Å²) in [6, 6.07) is 3.77. The Morgan fingerprint density at radius 2 is 2.18 bits per heavy atom. The number of aliphatic hydroxyl groups is 1. The molecule has 0 saturated heterocycles. The van der Waals surface area contributed by atoms with Crippen LogP contribution in [-0.4, -0.2) is 15.6 Å². The third-order valence-electron chi connectivity index (χ3n) is 2.18. The van der Waals surface area contributed by atoms with Crippen molar-refractivity contribution in [3.05, 3.63) is 47.3 Å². The highest BCUT2D eigenvalue weighted by atomic mass is 35.5. The van der Waals surface area contributed by atoms with Crippen LogP contribution in [0.5, 0.6) is 0 Å². The molecule has 0 bridgehead atoms. The number of hydrogen-bond acceptors (Lipinski definition) is 3. The van der Waals surface area contributed by atoms with E-state index in [2.05, 4.69) is 16.9 Å². The molecule has 1 aromatic rings. The van der Waals surface area contributed by atoms with Gasteiger partial charge in [0.2, 0.25) is 0 Å². The van der Waals surface area contributed by atoms with E-state index in [-0.39, 0.29) is 11.3 Å². The monoisotopic (exact) mass is 252 g/mol. The minimum Gasteiger partial charge on any atom is -0.509 e. The zero-order valence-electron chi connectivity index (χ0n) is 10.3. The SMILES string of the molecule is C=C(O)/C=C\C(C)(C)Nc1ccc(C)c(Cl)n1. The first-order valence-corrected chi connectivity index (χ1v) is 5.66. The van der Waals surface area contributed by atoms with Crippen molar-refractivity contribution in [2.24, 2.45) is 0 Å². The van der Waals surface area contributed by atoms with Crippen LogP contribution in [0.4, 0.5) is 5.82 Å². The van der Waals surface area contributed by atoms with Crippen LogP contribution in [0.2, 0.25) is 5.15 Å². The molecule has 0 radical (unpaired) electrons. The Kier molecular flexibility index (Phi) is 4.18. The van der Waals surface area contributed by atoms with Gasteiger partial charge in [0.25, 0.3) is 0 Å². The van der Waals surface area contributed by atoms with Crippen LogP contribution in [0.15, 0.2) is 36.6 Å². The molecular formula is C13H17ClN2O. The first kappa shape index (κ1) is 13.6. The van der Waals surface area contributed by atoms with Crippen LogP contribution >= 0.6 is 11.6 Å². The summed E-state index contributed by atoms with van der Waals surface area (Å²) in [4.78, 5) is 4.22. The lowest BCUT2D eigenvalue weighted by molar-refractivity contribution is 0.434. The van der Waals surface area contributed by atoms with E-state index in [1.807, 2.05) is 39.0 Å². The lowest BCUT2D eigenvalue weighted by Crippen LogP contribution is -2.28. The highest BCUT2D eigenvalue weighted by Crippen LogP contribution is 2.19. The summed E-state index contributed by atoms with van der Waals surface area (Å²) in [6.07, 6.45) is 3.35. The molecule has 1 rings (SSSR count). The first-order valence-electron chi connectivity index (χ1n) is 5.28. The lowest BCUT2D eigenvalue weighted by atomic mass is 10.0. The van der Waals surface area contributed by atoms with Gasteiger partial charge < -0.3 is 10.4 Å². The summed E-state index contributed by atoms with van der Waals surface area (Å²) in [5.74, 6) is 0.716. The molecule has 3 nitrogen and oxygen atoms in total. The Morgan fingerprint density at radius 1 is 1.53 bits per heavy atom. The minimum atomic E-state index is -0.350. The van der Waals surface area contributed by atoms with E-state index >= 15 is 0 Å². The first-order chi connectivity index (χ1) is 7.80. The molecule has 0 aliphatic heterocycles. The highest BCUT2D eigenvalue weighted by molar-refractivity contribution is 6.30. The second kappa shape index (κ2) is 5.23. The normalized spacial score (nSPS) is 11.8. The van der Waals surface area contributed by atoms with Gasteiger partial charge in [-0.15, -0.1) is 0 Å². The van der Waals surface area contributed by atoms with Crippen molar-refractivity contribution in [3.63, 3.8) is 0 Å². The second-order valence-corrected chi connectivity index (χ2v) is 4.83. The number of halogens is 1. The number of rotatable bonds is 4. The van der Waals surface area contributed by atoms with Gasteiger partial charge in [-0.1, -0.05) is 30.3 Å². The van der Waals surface area contributed by atoms with Crippen molar-refractivity contribution in [2.45, 2.75) is 26.3 Å². The Morgan fingerprint density at radius 3 is 2.71 bits per heavy atom. The van der Waals surface area contributed by atoms with Gasteiger partial charge in [-0.3, -0.25) is 0 Å². The van der Waals surface area contributed by atoms with Crippen molar-refractivity contribution in [2.75, 3.05) is 5.32 Å². The molecule has 0 aromatic carbocycles. The molecule has 0 fully saturated rings. The van der Waals surface area contributed by atoms with E-state index in [1.165, 1.54) is 0 Å². The van der Waals surface area contributed by atoms with Crippen molar-refractivity contribution < 1.29 is 5.11 Å². The van der Waals surface area contributed by atoms with Crippen molar-refractivity contribution in [1.29, 1.82) is 0 Å². The Labute approximate surface area is 107 Å². The zero-order chi connectivity index (χ0) is 13.1. The second-order valence-electron chi connectivity index (χ2n) is 4.48. The van der Waals surface area contributed by atoms with Gasteiger partial charge in [-0.05, 0) is 38.5 Å². The Hall–Kier alpha value is -1.48. The van der Waals surface area contributed by atoms with Crippen LogP contribution in [-0.2, 0) is 0 Å². The fourth-order valence-electron chi connectivity index (χ4n) is 1.25. The topological polar surface area (TPSA) is 45.1 Å². The summed E-state index contributed by atoms with van der Waals surface area (Å²) in [7, 11) is 0. The predicted octanol–water partition coefficient (Wildman–Crippen LogP) is 3.86. The molecule has 0 unspecified atom stereocenters. The summed E-state index contributed by atoms with van der Waals surface area (Å²) >= 11 is 5.95. The van der Waals surface area contributed by atoms with Crippen LogP contribution in [0.25, 0.3) is 0 Å². The van der Waals surface area contributed by atoms with Crippen LogP contribution in [0.1, 0.15) is 19.4 Å². The molecule has 92 valence electrons. The number of anilines is 1. The van der Waals surface area contributed by atoms with E-state index in [4.69, 9.17) is 16.7 Å². The molecule has 1 aromatic heterocycles. The third kappa shape index (κ3) is 4.49. The van der Waals surface area contributed by atoms with Gasteiger partial charge in [0.15, 0.2) is 0 Å². The molecule has 0 aliphatic carbocycles. The Bertz CT molecular complexity index is 453.